The van der Waals surface area contributed by atoms with Crippen LogP contribution >= 0.6 is 0 Å². The molecular formula is C28H30N6O. The smallest absolute Gasteiger partial charge is 0.244 e. The first-order valence-electron chi connectivity index (χ1n) is 11.9. The van der Waals surface area contributed by atoms with E-state index in [0.29, 0.717) is 23.9 Å². The molecule has 1 aliphatic heterocycles. The third-order valence-corrected chi connectivity index (χ3v) is 6.15. The van der Waals surface area contributed by atoms with Gasteiger partial charge in [-0.1, -0.05) is 66.7 Å². The highest BCUT2D eigenvalue weighted by molar-refractivity contribution is 5.95. The monoisotopic (exact) mass is 466 g/mol. The molecule has 1 saturated heterocycles. The first-order valence-corrected chi connectivity index (χ1v) is 11.9. The standard InChI is InChI=1S/C28H30N6O/c29-21-31-24-14-7-15-25(18-24)32-27(35)20-33-19-26(17-23-11-5-2-6-12-23)34(28(33)30)16-8-13-22-9-3-1-4-10-22/h1-7,9-12,14-15,18,26,30-31H,8,13,16-17,19-20H2,(H,32,35). The lowest BCUT2D eigenvalue weighted by atomic mass is 10.0. The molecule has 0 aromatic heterocycles. The highest BCUT2D eigenvalue weighted by Crippen LogP contribution is 2.21. The Balaban J connectivity index is 1.40. The van der Waals surface area contributed by atoms with Crippen molar-refractivity contribution >= 4 is 23.2 Å². The quantitative estimate of drug-likeness (QED) is 0.306. The summed E-state index contributed by atoms with van der Waals surface area (Å²) in [6, 6.07) is 27.9. The number of nitriles is 1. The highest BCUT2D eigenvalue weighted by Gasteiger charge is 2.34. The molecule has 3 N–H and O–H groups in total. The minimum atomic E-state index is -0.187. The summed E-state index contributed by atoms with van der Waals surface area (Å²) in [4.78, 5) is 16.8. The number of anilines is 2. The van der Waals surface area contributed by atoms with Gasteiger partial charge in [0.2, 0.25) is 5.91 Å². The number of nitrogens with zero attached hydrogens (tertiary/aromatic N) is 3. The lowest BCUT2D eigenvalue weighted by Gasteiger charge is -2.25. The number of carbonyl (C=O) groups excluding carboxylic acids is 1. The van der Waals surface area contributed by atoms with E-state index in [4.69, 9.17) is 10.7 Å². The molecule has 1 amide bonds. The van der Waals surface area contributed by atoms with Gasteiger partial charge in [0.1, 0.15) is 6.54 Å². The Morgan fingerprint density at radius 3 is 2.37 bits per heavy atom. The van der Waals surface area contributed by atoms with Crippen LogP contribution < -0.4 is 10.6 Å². The molecule has 7 nitrogen and oxygen atoms in total. The van der Waals surface area contributed by atoms with E-state index in [1.165, 1.54) is 11.1 Å². The Bertz CT molecular complexity index is 1170. The summed E-state index contributed by atoms with van der Waals surface area (Å²) < 4.78 is 0. The van der Waals surface area contributed by atoms with Gasteiger partial charge in [0, 0.05) is 24.5 Å². The molecule has 1 aliphatic rings. The molecule has 0 bridgehead atoms. The van der Waals surface area contributed by atoms with E-state index < -0.39 is 0 Å². The van der Waals surface area contributed by atoms with Crippen LogP contribution in [-0.2, 0) is 17.6 Å². The predicted octanol–water partition coefficient (Wildman–Crippen LogP) is 4.31. The SMILES string of the molecule is N#CNc1cccc(NC(=O)CN2CC(Cc3ccccc3)N(CCCc3ccccc3)C2=N)c1. The molecule has 3 aromatic carbocycles. The van der Waals surface area contributed by atoms with Crippen molar-refractivity contribution in [1.29, 1.82) is 10.7 Å². The lowest BCUT2D eigenvalue weighted by molar-refractivity contribution is -0.116. The molecule has 0 spiro atoms. The lowest BCUT2D eigenvalue weighted by Crippen LogP contribution is -2.39. The molecule has 35 heavy (non-hydrogen) atoms. The fourth-order valence-electron chi connectivity index (χ4n) is 4.49. The molecule has 1 unspecified atom stereocenters. The topological polar surface area (TPSA) is 95.2 Å². The zero-order chi connectivity index (χ0) is 24.5. The number of hydrogen-bond donors (Lipinski definition) is 3. The van der Waals surface area contributed by atoms with E-state index in [9.17, 15) is 4.79 Å². The number of hydrogen-bond acceptors (Lipinski definition) is 4. The molecule has 0 aliphatic carbocycles. The van der Waals surface area contributed by atoms with Crippen LogP contribution in [-0.4, -0.2) is 47.3 Å². The van der Waals surface area contributed by atoms with Crippen LogP contribution in [0.15, 0.2) is 84.9 Å². The molecule has 7 heteroatoms. The van der Waals surface area contributed by atoms with Gasteiger partial charge in [0.25, 0.3) is 0 Å². The van der Waals surface area contributed by atoms with Crippen molar-refractivity contribution in [1.82, 2.24) is 9.80 Å². The first-order chi connectivity index (χ1) is 17.1. The van der Waals surface area contributed by atoms with Gasteiger partial charge in [-0.25, -0.2) is 0 Å². The van der Waals surface area contributed by atoms with Gasteiger partial charge in [-0.3, -0.25) is 15.5 Å². The van der Waals surface area contributed by atoms with Gasteiger partial charge in [0.05, 0.1) is 6.04 Å². The Labute approximate surface area is 206 Å². The van der Waals surface area contributed by atoms with Gasteiger partial charge in [0.15, 0.2) is 12.2 Å². The third kappa shape index (κ3) is 6.61. The Morgan fingerprint density at radius 2 is 1.66 bits per heavy atom. The van der Waals surface area contributed by atoms with Gasteiger partial charge in [-0.15, -0.1) is 0 Å². The third-order valence-electron chi connectivity index (χ3n) is 6.15. The van der Waals surface area contributed by atoms with Crippen LogP contribution in [0.2, 0.25) is 0 Å². The Kier molecular flexibility index (Phi) is 7.97. The zero-order valence-electron chi connectivity index (χ0n) is 19.7. The summed E-state index contributed by atoms with van der Waals surface area (Å²) in [6.45, 7) is 1.50. The number of aryl methyl sites for hydroxylation is 1. The minimum Gasteiger partial charge on any atom is -0.338 e. The maximum atomic E-state index is 12.8. The van der Waals surface area contributed by atoms with Crippen molar-refractivity contribution in [3.63, 3.8) is 0 Å². The van der Waals surface area contributed by atoms with E-state index in [2.05, 4.69) is 51.9 Å². The van der Waals surface area contributed by atoms with E-state index in [0.717, 1.165) is 25.8 Å². The molecule has 1 heterocycles. The van der Waals surface area contributed by atoms with Crippen LogP contribution in [0, 0.1) is 16.9 Å². The van der Waals surface area contributed by atoms with Crippen molar-refractivity contribution in [2.45, 2.75) is 25.3 Å². The average Bonchev–Trinajstić information content (AvgIpc) is 3.14. The fourth-order valence-corrected chi connectivity index (χ4v) is 4.49. The number of amides is 1. The Morgan fingerprint density at radius 1 is 0.971 bits per heavy atom. The Hall–Kier alpha value is -4.31. The number of benzene rings is 3. The molecule has 3 aromatic rings. The second-order valence-corrected chi connectivity index (χ2v) is 8.70. The highest BCUT2D eigenvalue weighted by atomic mass is 16.2. The summed E-state index contributed by atoms with van der Waals surface area (Å²) in [5.74, 6) is 0.211. The zero-order valence-corrected chi connectivity index (χ0v) is 19.7. The van der Waals surface area contributed by atoms with Gasteiger partial charge in [-0.2, -0.15) is 5.26 Å². The van der Waals surface area contributed by atoms with Crippen LogP contribution in [0.1, 0.15) is 17.5 Å². The number of nitrogens with one attached hydrogen (secondary N) is 3. The number of carbonyl (C=O) groups is 1. The van der Waals surface area contributed by atoms with Gasteiger partial charge >= 0.3 is 0 Å². The normalized spacial score (nSPS) is 15.1. The second-order valence-electron chi connectivity index (χ2n) is 8.70. The second kappa shape index (κ2) is 11.7. The van der Waals surface area contributed by atoms with Gasteiger partial charge < -0.3 is 15.1 Å². The van der Waals surface area contributed by atoms with Crippen LogP contribution in [0.4, 0.5) is 11.4 Å². The van der Waals surface area contributed by atoms with Crippen molar-refractivity contribution in [3.8, 4) is 6.19 Å². The van der Waals surface area contributed by atoms with E-state index >= 15 is 0 Å². The van der Waals surface area contributed by atoms with E-state index in [-0.39, 0.29) is 18.5 Å². The average molecular weight is 467 g/mol. The molecule has 0 radical (unpaired) electrons. The molecule has 1 atom stereocenters. The van der Waals surface area contributed by atoms with E-state index in [1.54, 1.807) is 24.3 Å². The number of guanidine groups is 1. The van der Waals surface area contributed by atoms with Crippen molar-refractivity contribution in [3.05, 3.63) is 96.1 Å². The summed E-state index contributed by atoms with van der Waals surface area (Å²) >= 11 is 0. The summed E-state index contributed by atoms with van der Waals surface area (Å²) in [6.07, 6.45) is 4.60. The van der Waals surface area contributed by atoms with E-state index in [1.807, 2.05) is 35.4 Å². The van der Waals surface area contributed by atoms with Crippen LogP contribution in [0.5, 0.6) is 0 Å². The summed E-state index contributed by atoms with van der Waals surface area (Å²) in [5, 5.41) is 23.1. The maximum Gasteiger partial charge on any atom is 0.244 e. The first kappa shape index (κ1) is 23.8. The maximum absolute atomic E-state index is 12.8. The summed E-state index contributed by atoms with van der Waals surface area (Å²) in [5.41, 5.74) is 3.75. The summed E-state index contributed by atoms with van der Waals surface area (Å²) in [7, 11) is 0. The van der Waals surface area contributed by atoms with Gasteiger partial charge in [-0.05, 0) is 48.6 Å². The molecular weight excluding hydrogens is 436 g/mol. The van der Waals surface area contributed by atoms with Crippen LogP contribution in [0.3, 0.4) is 0 Å². The predicted molar refractivity (Wildman–Crippen MR) is 139 cm³/mol. The van der Waals surface area contributed by atoms with Crippen LogP contribution in [0.25, 0.3) is 0 Å². The van der Waals surface area contributed by atoms with Crippen molar-refractivity contribution < 1.29 is 4.79 Å². The van der Waals surface area contributed by atoms with Crippen molar-refractivity contribution in [2.75, 3.05) is 30.3 Å². The fraction of sp³-hybridized carbons (Fsp3) is 0.250. The molecule has 0 saturated carbocycles. The van der Waals surface area contributed by atoms with Crippen molar-refractivity contribution in [2.24, 2.45) is 0 Å². The largest absolute Gasteiger partial charge is 0.338 e. The number of rotatable bonds is 10. The molecule has 4 rings (SSSR count). The molecule has 178 valence electrons. The minimum absolute atomic E-state index is 0.106. The molecule has 1 fully saturated rings.